The molecular weight excluding hydrogens is 168 g/mol. The third-order valence-corrected chi connectivity index (χ3v) is 4.39. The quantitative estimate of drug-likeness (QED) is 0.598. The third-order valence-electron chi connectivity index (χ3n) is 4.39. The highest BCUT2D eigenvalue weighted by Crippen LogP contribution is 2.48. The van der Waals surface area contributed by atoms with E-state index in [1.54, 1.807) is 0 Å². The molecule has 0 heterocycles. The van der Waals surface area contributed by atoms with Crippen LogP contribution in [0.2, 0.25) is 0 Å². The van der Waals surface area contributed by atoms with Gasteiger partial charge in [-0.05, 0) is 48.3 Å². The summed E-state index contributed by atoms with van der Waals surface area (Å²) in [5.74, 6) is 3.65. The zero-order valence-corrected chi connectivity index (χ0v) is 10.9. The fourth-order valence-electron chi connectivity index (χ4n) is 3.52. The van der Waals surface area contributed by atoms with Crippen LogP contribution in [-0.2, 0) is 0 Å². The Bertz CT molecular complexity index is 176. The first kappa shape index (κ1) is 12.1. The number of hydrogen-bond donors (Lipinski definition) is 0. The topological polar surface area (TPSA) is 0 Å². The van der Waals surface area contributed by atoms with Crippen LogP contribution in [0.4, 0.5) is 0 Å². The minimum atomic E-state index is 0.571. The van der Waals surface area contributed by atoms with E-state index in [0.717, 1.165) is 23.7 Å². The van der Waals surface area contributed by atoms with E-state index in [9.17, 15) is 0 Å². The Morgan fingerprint density at radius 1 is 0.929 bits per heavy atom. The first-order valence-electron chi connectivity index (χ1n) is 6.34. The lowest BCUT2D eigenvalue weighted by Gasteiger charge is -2.46. The fourth-order valence-corrected chi connectivity index (χ4v) is 3.52. The van der Waals surface area contributed by atoms with Gasteiger partial charge in [-0.25, -0.2) is 0 Å². The standard InChI is InChI=1S/C14H28/c1-10(2)12-7-8-13(11(3)4)14(5,6)9-12/h10-13H,7-9H2,1-6H3. The molecule has 0 N–H and O–H groups in total. The highest BCUT2D eigenvalue weighted by molar-refractivity contribution is 4.88. The lowest BCUT2D eigenvalue weighted by atomic mass is 9.60. The van der Waals surface area contributed by atoms with Gasteiger partial charge in [-0.15, -0.1) is 0 Å². The van der Waals surface area contributed by atoms with Gasteiger partial charge in [-0.3, -0.25) is 0 Å². The van der Waals surface area contributed by atoms with Crippen LogP contribution >= 0.6 is 0 Å². The predicted octanol–water partition coefficient (Wildman–Crippen LogP) is 4.74. The molecule has 1 fully saturated rings. The first-order chi connectivity index (χ1) is 6.34. The molecule has 1 rings (SSSR count). The van der Waals surface area contributed by atoms with E-state index in [1.165, 1.54) is 19.3 Å². The Labute approximate surface area is 90.5 Å². The second-order valence-electron chi connectivity index (χ2n) is 6.62. The highest BCUT2D eigenvalue weighted by atomic mass is 14.4. The summed E-state index contributed by atoms with van der Waals surface area (Å²) in [5.41, 5.74) is 0.571. The normalized spacial score (nSPS) is 32.6. The molecule has 0 bridgehead atoms. The summed E-state index contributed by atoms with van der Waals surface area (Å²) in [4.78, 5) is 0. The van der Waals surface area contributed by atoms with Crippen molar-refractivity contribution >= 4 is 0 Å². The van der Waals surface area contributed by atoms with E-state index < -0.39 is 0 Å². The lowest BCUT2D eigenvalue weighted by Crippen LogP contribution is -2.36. The summed E-state index contributed by atoms with van der Waals surface area (Å²) in [6.07, 6.45) is 4.35. The van der Waals surface area contributed by atoms with Crippen LogP contribution in [-0.4, -0.2) is 0 Å². The van der Waals surface area contributed by atoms with Crippen molar-refractivity contribution in [3.63, 3.8) is 0 Å². The summed E-state index contributed by atoms with van der Waals surface area (Å²) in [7, 11) is 0. The van der Waals surface area contributed by atoms with Gasteiger partial charge in [0, 0.05) is 0 Å². The zero-order chi connectivity index (χ0) is 10.9. The zero-order valence-electron chi connectivity index (χ0n) is 10.9. The van der Waals surface area contributed by atoms with Crippen molar-refractivity contribution in [1.82, 2.24) is 0 Å². The highest BCUT2D eigenvalue weighted by Gasteiger charge is 2.38. The molecule has 1 saturated carbocycles. The molecule has 0 spiro atoms. The van der Waals surface area contributed by atoms with Gasteiger partial charge in [-0.2, -0.15) is 0 Å². The molecule has 1 aliphatic rings. The molecule has 0 aromatic carbocycles. The largest absolute Gasteiger partial charge is 0.0625 e. The molecule has 0 radical (unpaired) electrons. The molecule has 0 amide bonds. The molecule has 84 valence electrons. The van der Waals surface area contributed by atoms with Crippen molar-refractivity contribution in [2.24, 2.45) is 29.1 Å². The average Bonchev–Trinajstić information content (AvgIpc) is 2.01. The summed E-state index contributed by atoms with van der Waals surface area (Å²) >= 11 is 0. The Balaban J connectivity index is 2.65. The second-order valence-corrected chi connectivity index (χ2v) is 6.62. The molecule has 14 heavy (non-hydrogen) atoms. The SMILES string of the molecule is CC(C)C1CCC(C(C)C)C(C)(C)C1. The summed E-state index contributed by atoms with van der Waals surface area (Å²) < 4.78 is 0. The smallest absolute Gasteiger partial charge is 0.0321 e. The Morgan fingerprint density at radius 3 is 1.86 bits per heavy atom. The summed E-state index contributed by atoms with van der Waals surface area (Å²) in [5, 5.41) is 0. The maximum absolute atomic E-state index is 2.48. The summed E-state index contributed by atoms with van der Waals surface area (Å²) in [6.45, 7) is 14.5. The Hall–Kier alpha value is 0. The average molecular weight is 196 g/mol. The molecular formula is C14H28. The van der Waals surface area contributed by atoms with E-state index in [4.69, 9.17) is 0 Å². The maximum atomic E-state index is 2.48. The number of rotatable bonds is 2. The van der Waals surface area contributed by atoms with Crippen molar-refractivity contribution < 1.29 is 0 Å². The van der Waals surface area contributed by atoms with Crippen LogP contribution in [0.5, 0.6) is 0 Å². The number of hydrogen-bond acceptors (Lipinski definition) is 0. The summed E-state index contributed by atoms with van der Waals surface area (Å²) in [6, 6.07) is 0. The monoisotopic (exact) mass is 196 g/mol. The molecule has 2 unspecified atom stereocenters. The third kappa shape index (κ3) is 2.52. The molecule has 0 aliphatic heterocycles. The van der Waals surface area contributed by atoms with Gasteiger partial charge < -0.3 is 0 Å². The van der Waals surface area contributed by atoms with Gasteiger partial charge in [-0.1, -0.05) is 41.5 Å². The van der Waals surface area contributed by atoms with Gasteiger partial charge in [0.15, 0.2) is 0 Å². The molecule has 2 atom stereocenters. The lowest BCUT2D eigenvalue weighted by molar-refractivity contribution is 0.0449. The fraction of sp³-hybridized carbons (Fsp3) is 1.00. The first-order valence-corrected chi connectivity index (χ1v) is 6.34. The van der Waals surface area contributed by atoms with Crippen molar-refractivity contribution in [3.05, 3.63) is 0 Å². The van der Waals surface area contributed by atoms with Crippen molar-refractivity contribution in [2.75, 3.05) is 0 Å². The Kier molecular flexibility index (Phi) is 3.66. The van der Waals surface area contributed by atoms with Gasteiger partial charge in [0.05, 0.1) is 0 Å². The Morgan fingerprint density at radius 2 is 1.50 bits per heavy atom. The van der Waals surface area contributed by atoms with Gasteiger partial charge >= 0.3 is 0 Å². The van der Waals surface area contributed by atoms with Gasteiger partial charge in [0.1, 0.15) is 0 Å². The minimum Gasteiger partial charge on any atom is -0.0625 e. The molecule has 0 nitrogen and oxygen atoms in total. The molecule has 0 aromatic rings. The minimum absolute atomic E-state index is 0.571. The van der Waals surface area contributed by atoms with Gasteiger partial charge in [0.2, 0.25) is 0 Å². The van der Waals surface area contributed by atoms with Crippen LogP contribution in [0, 0.1) is 29.1 Å². The van der Waals surface area contributed by atoms with Crippen molar-refractivity contribution in [2.45, 2.75) is 60.8 Å². The second kappa shape index (κ2) is 4.24. The van der Waals surface area contributed by atoms with E-state index in [-0.39, 0.29) is 0 Å². The van der Waals surface area contributed by atoms with Crippen LogP contribution in [0.3, 0.4) is 0 Å². The molecule has 0 heteroatoms. The molecule has 1 aliphatic carbocycles. The van der Waals surface area contributed by atoms with E-state index in [1.807, 2.05) is 0 Å². The van der Waals surface area contributed by atoms with Crippen LogP contribution in [0.1, 0.15) is 60.8 Å². The van der Waals surface area contributed by atoms with E-state index in [0.29, 0.717) is 5.41 Å². The van der Waals surface area contributed by atoms with Crippen LogP contribution in [0.25, 0.3) is 0 Å². The van der Waals surface area contributed by atoms with Crippen molar-refractivity contribution in [1.29, 1.82) is 0 Å². The predicted molar refractivity (Wildman–Crippen MR) is 64.3 cm³/mol. The molecule has 0 saturated heterocycles. The van der Waals surface area contributed by atoms with Crippen LogP contribution < -0.4 is 0 Å². The van der Waals surface area contributed by atoms with Crippen molar-refractivity contribution in [3.8, 4) is 0 Å². The van der Waals surface area contributed by atoms with E-state index >= 15 is 0 Å². The molecule has 0 aromatic heterocycles. The van der Waals surface area contributed by atoms with Gasteiger partial charge in [0.25, 0.3) is 0 Å². The maximum Gasteiger partial charge on any atom is -0.0321 e. The van der Waals surface area contributed by atoms with E-state index in [2.05, 4.69) is 41.5 Å². The van der Waals surface area contributed by atoms with Crippen LogP contribution in [0.15, 0.2) is 0 Å².